The lowest BCUT2D eigenvalue weighted by atomic mass is 9.45. The Balaban J connectivity index is 1.26. The number of carbonyl (C=O) groups excluding carboxylic acids is 4. The molecule has 240 valence electrons. The maximum absolute atomic E-state index is 17.1. The van der Waals surface area contributed by atoms with Gasteiger partial charge in [-0.2, -0.15) is 0 Å². The van der Waals surface area contributed by atoms with Gasteiger partial charge in [0.2, 0.25) is 6.29 Å². The molecule has 4 aliphatic rings. The SMILES string of the molecule is CC(OCC(=O)C1CCC2[C@@H]3CCC4=CC(=O)C=C[C@]4(C)C3(F)[C@@H](O)C[C@]12C)OC(=O)CNC(=O)OCCCON(O)O. The fourth-order valence-electron chi connectivity index (χ4n) is 7.86. The van der Waals surface area contributed by atoms with Crippen LogP contribution in [0.1, 0.15) is 59.3 Å². The molecule has 4 aliphatic carbocycles. The normalized spacial score (nSPS) is 35.3. The molecule has 0 bridgehead atoms. The van der Waals surface area contributed by atoms with E-state index in [0.29, 0.717) is 31.3 Å². The fourth-order valence-corrected chi connectivity index (χ4v) is 7.86. The number of alkyl halides is 1. The summed E-state index contributed by atoms with van der Waals surface area (Å²) in [6.07, 6.45) is 3.66. The van der Waals surface area contributed by atoms with E-state index in [0.717, 1.165) is 0 Å². The summed E-state index contributed by atoms with van der Waals surface area (Å²) in [5.41, 5.74) is -2.97. The van der Waals surface area contributed by atoms with E-state index >= 15 is 4.39 Å². The van der Waals surface area contributed by atoms with Crippen molar-refractivity contribution in [3.05, 3.63) is 23.8 Å². The molecule has 0 aromatic heterocycles. The van der Waals surface area contributed by atoms with Crippen molar-refractivity contribution >= 4 is 23.6 Å². The molecule has 0 heterocycles. The van der Waals surface area contributed by atoms with Crippen molar-refractivity contribution in [3.8, 4) is 0 Å². The van der Waals surface area contributed by atoms with Crippen LogP contribution in [0, 0.1) is 28.6 Å². The van der Waals surface area contributed by atoms with Crippen molar-refractivity contribution in [2.24, 2.45) is 28.6 Å². The molecule has 0 aliphatic heterocycles. The van der Waals surface area contributed by atoms with Crippen LogP contribution >= 0.6 is 0 Å². The second-order valence-corrected chi connectivity index (χ2v) is 12.2. The number of halogens is 1. The van der Waals surface area contributed by atoms with Gasteiger partial charge in [0.25, 0.3) is 0 Å². The Hall–Kier alpha value is -2.75. The lowest BCUT2D eigenvalue weighted by molar-refractivity contribution is -0.492. The largest absolute Gasteiger partial charge is 0.449 e. The number of aliphatic hydroxyl groups excluding tert-OH is 1. The van der Waals surface area contributed by atoms with E-state index in [2.05, 4.69) is 10.2 Å². The Morgan fingerprint density at radius 2 is 1.91 bits per heavy atom. The molecular weight excluding hydrogens is 571 g/mol. The predicted molar refractivity (Wildman–Crippen MR) is 144 cm³/mol. The lowest BCUT2D eigenvalue weighted by Gasteiger charge is -2.62. The third-order valence-corrected chi connectivity index (χ3v) is 9.89. The first-order chi connectivity index (χ1) is 20.2. The number of carbonyl (C=O) groups is 4. The summed E-state index contributed by atoms with van der Waals surface area (Å²) in [7, 11) is 0. The summed E-state index contributed by atoms with van der Waals surface area (Å²) in [4.78, 5) is 53.4. The smallest absolute Gasteiger partial charge is 0.407 e. The average molecular weight is 613 g/mol. The Morgan fingerprint density at radius 3 is 2.63 bits per heavy atom. The van der Waals surface area contributed by atoms with Gasteiger partial charge >= 0.3 is 12.1 Å². The molecule has 0 spiro atoms. The highest BCUT2D eigenvalue weighted by molar-refractivity contribution is 6.01. The molecule has 0 radical (unpaired) electrons. The van der Waals surface area contributed by atoms with E-state index < -0.39 is 64.7 Å². The van der Waals surface area contributed by atoms with Gasteiger partial charge in [-0.3, -0.25) is 29.6 Å². The highest BCUT2D eigenvalue weighted by Crippen LogP contribution is 2.68. The number of allylic oxidation sites excluding steroid dienone is 4. The van der Waals surface area contributed by atoms with E-state index in [1.165, 1.54) is 19.1 Å². The van der Waals surface area contributed by atoms with Gasteiger partial charge in [-0.25, -0.2) is 9.18 Å². The lowest BCUT2D eigenvalue weighted by Crippen LogP contribution is -2.66. The third kappa shape index (κ3) is 6.54. The molecule has 0 aromatic rings. The maximum atomic E-state index is 17.1. The Bertz CT molecular complexity index is 1160. The number of ether oxygens (including phenoxy) is 3. The molecule has 3 fully saturated rings. The van der Waals surface area contributed by atoms with Gasteiger partial charge in [0.15, 0.2) is 17.2 Å². The first kappa shape index (κ1) is 33.1. The molecule has 0 saturated heterocycles. The van der Waals surface area contributed by atoms with E-state index in [1.807, 2.05) is 6.92 Å². The monoisotopic (exact) mass is 612 g/mol. The molecule has 1 amide bonds. The second kappa shape index (κ2) is 13.1. The molecule has 14 heteroatoms. The number of rotatable bonds is 12. The van der Waals surface area contributed by atoms with E-state index in [1.54, 1.807) is 13.0 Å². The second-order valence-electron chi connectivity index (χ2n) is 12.2. The number of nitrogens with one attached hydrogen (secondary N) is 1. The Kier molecular flexibility index (Phi) is 10.1. The van der Waals surface area contributed by atoms with Gasteiger partial charge in [-0.1, -0.05) is 18.6 Å². The van der Waals surface area contributed by atoms with Crippen LogP contribution in [0.5, 0.6) is 0 Å². The molecular formula is C29H41FN2O11. The topological polar surface area (TPSA) is 181 Å². The predicted octanol–water partition coefficient (Wildman–Crippen LogP) is 2.58. The summed E-state index contributed by atoms with van der Waals surface area (Å²) < 4.78 is 32.5. The Labute approximate surface area is 248 Å². The Morgan fingerprint density at radius 1 is 1.16 bits per heavy atom. The minimum Gasteiger partial charge on any atom is -0.449 e. The van der Waals surface area contributed by atoms with Crippen LogP contribution in [-0.2, 0) is 33.4 Å². The van der Waals surface area contributed by atoms with Crippen LogP contribution in [0.4, 0.5) is 9.18 Å². The first-order valence-corrected chi connectivity index (χ1v) is 14.6. The van der Waals surface area contributed by atoms with Crippen molar-refractivity contribution in [2.45, 2.75) is 77.4 Å². The maximum Gasteiger partial charge on any atom is 0.407 e. The summed E-state index contributed by atoms with van der Waals surface area (Å²) >= 11 is 0. The number of ketones is 2. The first-order valence-electron chi connectivity index (χ1n) is 14.6. The molecule has 4 unspecified atom stereocenters. The van der Waals surface area contributed by atoms with E-state index in [9.17, 15) is 24.3 Å². The van der Waals surface area contributed by atoms with Crippen LogP contribution in [0.15, 0.2) is 23.8 Å². The van der Waals surface area contributed by atoms with Crippen LogP contribution < -0.4 is 5.32 Å². The zero-order valence-corrected chi connectivity index (χ0v) is 24.6. The van der Waals surface area contributed by atoms with Gasteiger partial charge in [0.1, 0.15) is 13.2 Å². The molecule has 4 rings (SSSR count). The molecule has 13 nitrogen and oxygen atoms in total. The third-order valence-electron chi connectivity index (χ3n) is 9.89. The molecule has 0 aromatic carbocycles. The summed E-state index contributed by atoms with van der Waals surface area (Å²) in [5, 5.41) is 29.9. The van der Waals surface area contributed by atoms with Crippen molar-refractivity contribution in [3.63, 3.8) is 0 Å². The van der Waals surface area contributed by atoms with Crippen molar-refractivity contribution in [2.75, 3.05) is 26.4 Å². The standard InChI is InChI=1S/C29H41FN2O11/c1-17(43-25(36)15-31-26(37)40-11-4-12-42-32(38)39)41-16-23(34)22-8-7-20-21-6-5-18-13-19(33)9-10-28(18,3)29(21,30)24(35)14-27(20,22)2/h9-10,13,17,20-22,24,35,38-39H,4-8,11-12,14-16H2,1-3H3,(H,31,37)/t17?,20?,21-,22?,24-,27-,28-,29?/m0/s1. The van der Waals surface area contributed by atoms with Gasteiger partial charge in [-0.15, -0.1) is 0 Å². The van der Waals surface area contributed by atoms with Crippen LogP contribution in [0.3, 0.4) is 0 Å². The van der Waals surface area contributed by atoms with Crippen molar-refractivity contribution in [1.29, 1.82) is 0 Å². The summed E-state index contributed by atoms with van der Waals surface area (Å²) in [5.74, 6) is -2.28. The van der Waals surface area contributed by atoms with Crippen LogP contribution in [-0.4, -0.2) is 89.0 Å². The van der Waals surface area contributed by atoms with Crippen LogP contribution in [0.25, 0.3) is 0 Å². The number of fused-ring (bicyclic) bond motifs is 5. The minimum absolute atomic E-state index is 0.100. The van der Waals surface area contributed by atoms with E-state index in [4.69, 9.17) is 24.6 Å². The quantitative estimate of drug-likeness (QED) is 0.110. The number of alkyl carbamates (subject to hydrolysis) is 1. The van der Waals surface area contributed by atoms with Crippen LogP contribution in [0.2, 0.25) is 0 Å². The molecule has 8 atom stereocenters. The van der Waals surface area contributed by atoms with Gasteiger partial charge in [-0.05, 0) is 69.4 Å². The molecule has 3 saturated carbocycles. The summed E-state index contributed by atoms with van der Waals surface area (Å²) in [6.45, 7) is 4.07. The molecule has 43 heavy (non-hydrogen) atoms. The average Bonchev–Trinajstić information content (AvgIpc) is 3.27. The highest BCUT2D eigenvalue weighted by atomic mass is 19.1. The number of Topliss-reactive ketones (excluding diaryl/α,β-unsaturated/α-hetero) is 1. The van der Waals surface area contributed by atoms with Gasteiger partial charge in [0, 0.05) is 23.7 Å². The van der Waals surface area contributed by atoms with Gasteiger partial charge in [0.05, 0.1) is 24.7 Å². The number of hydrogen-bond acceptors (Lipinski definition) is 12. The summed E-state index contributed by atoms with van der Waals surface area (Å²) in [6, 6.07) is 0. The number of hydrogen-bond donors (Lipinski definition) is 4. The highest BCUT2D eigenvalue weighted by Gasteiger charge is 2.70. The van der Waals surface area contributed by atoms with Crippen molar-refractivity contribution in [1.82, 2.24) is 10.7 Å². The zero-order valence-electron chi connectivity index (χ0n) is 24.6. The van der Waals surface area contributed by atoms with E-state index in [-0.39, 0.29) is 50.1 Å². The number of esters is 1. The number of aliphatic hydroxyl groups is 1. The zero-order chi connectivity index (χ0) is 31.6. The number of nitrogens with zero attached hydrogens (tertiary/aromatic N) is 1. The van der Waals surface area contributed by atoms with Gasteiger partial charge < -0.3 is 24.6 Å². The minimum atomic E-state index is -1.95. The van der Waals surface area contributed by atoms with Crippen molar-refractivity contribution < 1.29 is 58.1 Å². The molecule has 4 N–H and O–H groups in total. The fraction of sp³-hybridized carbons (Fsp3) is 0.724. The number of amides is 1.